The van der Waals surface area contributed by atoms with E-state index in [-0.39, 0.29) is 5.60 Å². The number of unbranched alkanes of at least 4 members (excludes halogenated alkanes) is 1. The van der Waals surface area contributed by atoms with Crippen LogP contribution in [0.4, 0.5) is 0 Å². The molecule has 1 rings (SSSR count). The van der Waals surface area contributed by atoms with E-state index in [1.807, 2.05) is 0 Å². The van der Waals surface area contributed by atoms with Gasteiger partial charge in [0, 0.05) is 0 Å². The van der Waals surface area contributed by atoms with Crippen molar-refractivity contribution in [2.75, 3.05) is 6.61 Å². The van der Waals surface area contributed by atoms with Gasteiger partial charge in [-0.15, -0.1) is 0 Å². The van der Waals surface area contributed by atoms with Crippen molar-refractivity contribution in [1.29, 1.82) is 0 Å². The first-order chi connectivity index (χ1) is 4.27. The Balaban J connectivity index is 2.15. The van der Waals surface area contributed by atoms with Gasteiger partial charge in [0.05, 0.1) is 6.61 Å². The molecule has 1 aliphatic heterocycles. The van der Waals surface area contributed by atoms with Gasteiger partial charge in [-0.1, -0.05) is 25.5 Å². The summed E-state index contributed by atoms with van der Waals surface area (Å²) < 4.78 is 5.16. The molecule has 0 aromatic carbocycles. The number of epoxide rings is 1. The summed E-state index contributed by atoms with van der Waals surface area (Å²) in [6.07, 6.45) is 6.77. The van der Waals surface area contributed by atoms with E-state index in [1.165, 1.54) is 12.8 Å². The monoisotopic (exact) mass is 126 g/mol. The number of hydrogen-bond donors (Lipinski definition) is 0. The lowest BCUT2D eigenvalue weighted by molar-refractivity contribution is 0.369. The van der Waals surface area contributed by atoms with Crippen molar-refractivity contribution in [2.24, 2.45) is 0 Å². The lowest BCUT2D eigenvalue weighted by atomic mass is 10.2. The summed E-state index contributed by atoms with van der Waals surface area (Å²) in [4.78, 5) is 0. The molecule has 0 radical (unpaired) electrons. The van der Waals surface area contributed by atoms with Crippen molar-refractivity contribution in [3.8, 4) is 0 Å². The van der Waals surface area contributed by atoms with Crippen LogP contribution < -0.4 is 0 Å². The zero-order valence-corrected chi connectivity index (χ0v) is 6.18. The van der Waals surface area contributed by atoms with Crippen LogP contribution >= 0.6 is 0 Å². The normalized spacial score (nSPS) is 33.6. The molecule has 1 saturated heterocycles. The molecular weight excluding hydrogens is 112 g/mol. The van der Waals surface area contributed by atoms with Crippen LogP contribution in [0, 0.1) is 0 Å². The molecule has 1 nitrogen and oxygen atoms in total. The molecule has 1 heterocycles. The maximum absolute atomic E-state index is 5.16. The summed E-state index contributed by atoms with van der Waals surface area (Å²) >= 11 is 0. The van der Waals surface area contributed by atoms with E-state index < -0.39 is 0 Å². The second kappa shape index (κ2) is 2.53. The maximum Gasteiger partial charge on any atom is 0.107 e. The van der Waals surface area contributed by atoms with Gasteiger partial charge in [0.1, 0.15) is 5.60 Å². The lowest BCUT2D eigenvalue weighted by Gasteiger charge is -1.91. The Bertz CT molecular complexity index is 112. The minimum Gasteiger partial charge on any atom is -0.365 e. The number of rotatable bonds is 3. The fourth-order valence-corrected chi connectivity index (χ4v) is 0.709. The molecule has 0 spiro atoms. The number of ether oxygens (including phenoxy) is 1. The summed E-state index contributed by atoms with van der Waals surface area (Å²) in [6.45, 7) is 5.20. The van der Waals surface area contributed by atoms with Crippen LogP contribution in [0.15, 0.2) is 12.2 Å². The third-order valence-corrected chi connectivity index (χ3v) is 1.53. The Morgan fingerprint density at radius 1 is 1.67 bits per heavy atom. The molecule has 1 heteroatoms. The van der Waals surface area contributed by atoms with Crippen LogP contribution in [-0.4, -0.2) is 12.2 Å². The topological polar surface area (TPSA) is 12.5 Å². The van der Waals surface area contributed by atoms with Crippen LogP contribution in [0.1, 0.15) is 26.7 Å². The Kier molecular flexibility index (Phi) is 1.91. The standard InChI is InChI=1S/C8H14O/c1-3-4-5-6-8(2)7-9-8/h5-6H,3-4,7H2,1-2H3/b6-5+. The van der Waals surface area contributed by atoms with Crippen molar-refractivity contribution in [2.45, 2.75) is 32.3 Å². The minimum absolute atomic E-state index is 0.120. The maximum atomic E-state index is 5.16. The van der Waals surface area contributed by atoms with Crippen LogP contribution in [-0.2, 0) is 4.74 Å². The van der Waals surface area contributed by atoms with Crippen LogP contribution in [0.25, 0.3) is 0 Å². The predicted molar refractivity (Wildman–Crippen MR) is 38.4 cm³/mol. The second-order valence-corrected chi connectivity index (χ2v) is 2.79. The van der Waals surface area contributed by atoms with Crippen molar-refractivity contribution < 1.29 is 4.74 Å². The molecule has 1 unspecified atom stereocenters. The van der Waals surface area contributed by atoms with E-state index in [4.69, 9.17) is 4.74 Å². The molecule has 1 aliphatic rings. The fourth-order valence-electron chi connectivity index (χ4n) is 0.709. The summed E-state index contributed by atoms with van der Waals surface area (Å²) in [5, 5.41) is 0. The first-order valence-electron chi connectivity index (χ1n) is 3.58. The Morgan fingerprint density at radius 3 is 2.78 bits per heavy atom. The first kappa shape index (κ1) is 6.81. The molecule has 0 bridgehead atoms. The molecule has 0 amide bonds. The second-order valence-electron chi connectivity index (χ2n) is 2.79. The van der Waals surface area contributed by atoms with Crippen molar-refractivity contribution >= 4 is 0 Å². The van der Waals surface area contributed by atoms with Gasteiger partial charge in [0.25, 0.3) is 0 Å². The summed E-state index contributed by atoms with van der Waals surface area (Å²) in [7, 11) is 0. The van der Waals surface area contributed by atoms with E-state index >= 15 is 0 Å². The number of allylic oxidation sites excluding steroid dienone is 1. The summed E-state index contributed by atoms with van der Waals surface area (Å²) in [5.74, 6) is 0. The minimum atomic E-state index is 0.120. The molecule has 1 fully saturated rings. The summed E-state index contributed by atoms with van der Waals surface area (Å²) in [5.41, 5.74) is 0.120. The highest BCUT2D eigenvalue weighted by atomic mass is 16.6. The van der Waals surface area contributed by atoms with Crippen LogP contribution in [0.5, 0.6) is 0 Å². The van der Waals surface area contributed by atoms with Gasteiger partial charge < -0.3 is 4.74 Å². The van der Waals surface area contributed by atoms with Crippen LogP contribution in [0.3, 0.4) is 0 Å². The van der Waals surface area contributed by atoms with E-state index in [1.54, 1.807) is 0 Å². The molecular formula is C8H14O. The smallest absolute Gasteiger partial charge is 0.107 e. The van der Waals surface area contributed by atoms with Gasteiger partial charge in [0.15, 0.2) is 0 Å². The fraction of sp³-hybridized carbons (Fsp3) is 0.750. The molecule has 0 saturated carbocycles. The Morgan fingerprint density at radius 2 is 2.33 bits per heavy atom. The highest BCUT2D eigenvalue weighted by molar-refractivity contribution is 5.06. The zero-order valence-electron chi connectivity index (χ0n) is 6.18. The third-order valence-electron chi connectivity index (χ3n) is 1.53. The van der Waals surface area contributed by atoms with E-state index in [9.17, 15) is 0 Å². The van der Waals surface area contributed by atoms with Gasteiger partial charge in [-0.3, -0.25) is 0 Å². The molecule has 0 N–H and O–H groups in total. The van der Waals surface area contributed by atoms with Crippen molar-refractivity contribution in [3.05, 3.63) is 12.2 Å². The molecule has 0 aromatic rings. The van der Waals surface area contributed by atoms with Gasteiger partial charge in [0.2, 0.25) is 0 Å². The summed E-state index contributed by atoms with van der Waals surface area (Å²) in [6, 6.07) is 0. The molecule has 52 valence electrons. The highest BCUT2D eigenvalue weighted by Crippen LogP contribution is 2.27. The van der Waals surface area contributed by atoms with Gasteiger partial charge >= 0.3 is 0 Å². The van der Waals surface area contributed by atoms with Gasteiger partial charge in [-0.25, -0.2) is 0 Å². The highest BCUT2D eigenvalue weighted by Gasteiger charge is 2.35. The predicted octanol–water partition coefficient (Wildman–Crippen LogP) is 2.13. The molecule has 0 aromatic heterocycles. The molecule has 1 atom stereocenters. The average molecular weight is 126 g/mol. The van der Waals surface area contributed by atoms with Crippen LogP contribution in [0.2, 0.25) is 0 Å². The lowest BCUT2D eigenvalue weighted by Crippen LogP contribution is -1.96. The Labute approximate surface area is 56.7 Å². The zero-order chi connectivity index (χ0) is 6.74. The SMILES string of the molecule is CCC/C=C/C1(C)CO1. The average Bonchev–Trinajstić information content (AvgIpc) is 2.50. The van der Waals surface area contributed by atoms with Crippen molar-refractivity contribution in [3.63, 3.8) is 0 Å². The number of hydrogen-bond acceptors (Lipinski definition) is 1. The van der Waals surface area contributed by atoms with Gasteiger partial charge in [-0.2, -0.15) is 0 Å². The van der Waals surface area contributed by atoms with Crippen molar-refractivity contribution in [1.82, 2.24) is 0 Å². The quantitative estimate of drug-likeness (QED) is 0.417. The molecule has 9 heavy (non-hydrogen) atoms. The van der Waals surface area contributed by atoms with Gasteiger partial charge in [-0.05, 0) is 13.3 Å². The largest absolute Gasteiger partial charge is 0.365 e. The van der Waals surface area contributed by atoms with E-state index in [0.29, 0.717) is 0 Å². The van der Waals surface area contributed by atoms with E-state index in [2.05, 4.69) is 26.0 Å². The van der Waals surface area contributed by atoms with E-state index in [0.717, 1.165) is 6.61 Å². The first-order valence-corrected chi connectivity index (χ1v) is 3.58. The third kappa shape index (κ3) is 2.19. The Hall–Kier alpha value is -0.300. The molecule has 0 aliphatic carbocycles.